The number of aliphatic hydroxyl groups excluding tert-OH is 1. The Balaban J connectivity index is 2.11. The number of aromatic nitrogens is 2. The average Bonchev–Trinajstić information content (AvgIpc) is 2.37. The Morgan fingerprint density at radius 2 is 2.06 bits per heavy atom. The predicted molar refractivity (Wildman–Crippen MR) is 76.4 cm³/mol. The number of halogens is 1. The molecule has 0 saturated heterocycles. The molecule has 1 aromatic carbocycles. The normalized spacial score (nSPS) is 10.6. The minimum Gasteiger partial charge on any atom is -0.390 e. The van der Waals surface area contributed by atoms with Gasteiger partial charge in [-0.1, -0.05) is 12.1 Å². The first-order valence-corrected chi connectivity index (χ1v) is 7.28. The van der Waals surface area contributed by atoms with Gasteiger partial charge in [-0.25, -0.2) is 9.97 Å². The maximum atomic E-state index is 9.11. The number of rotatable bonds is 4. The van der Waals surface area contributed by atoms with E-state index in [4.69, 9.17) is 5.11 Å². The van der Waals surface area contributed by atoms with Crippen LogP contribution in [-0.4, -0.2) is 15.1 Å². The Labute approximate surface area is 119 Å². The molecule has 3 nitrogen and oxygen atoms in total. The van der Waals surface area contributed by atoms with E-state index < -0.39 is 0 Å². The summed E-state index contributed by atoms with van der Waals surface area (Å²) in [6, 6.07) is 9.85. The number of nitrogens with zero attached hydrogens (tertiary/aromatic N) is 2. The van der Waals surface area contributed by atoms with Crippen LogP contribution in [0.5, 0.6) is 0 Å². The molecule has 94 valence electrons. The van der Waals surface area contributed by atoms with Crippen LogP contribution in [0.3, 0.4) is 0 Å². The maximum absolute atomic E-state index is 9.11. The van der Waals surface area contributed by atoms with E-state index in [1.807, 2.05) is 25.1 Å². The van der Waals surface area contributed by atoms with E-state index in [1.54, 1.807) is 17.8 Å². The smallest absolute Gasteiger partial charge is 0.139 e. The monoisotopic (exact) mass is 324 g/mol. The highest BCUT2D eigenvalue weighted by atomic mass is 79.9. The van der Waals surface area contributed by atoms with Gasteiger partial charge in [0, 0.05) is 15.1 Å². The lowest BCUT2D eigenvalue weighted by Gasteiger charge is -2.05. The van der Waals surface area contributed by atoms with Crippen molar-refractivity contribution in [3.63, 3.8) is 0 Å². The molecular formula is C13H13BrN2OS. The van der Waals surface area contributed by atoms with Gasteiger partial charge < -0.3 is 5.11 Å². The number of hydrogen-bond donors (Lipinski definition) is 1. The second-order valence-electron chi connectivity index (χ2n) is 3.79. The zero-order chi connectivity index (χ0) is 13.0. The van der Waals surface area contributed by atoms with Crippen LogP contribution >= 0.6 is 27.7 Å². The largest absolute Gasteiger partial charge is 0.390 e. The van der Waals surface area contributed by atoms with E-state index in [9.17, 15) is 0 Å². The number of hydrogen-bond acceptors (Lipinski definition) is 4. The van der Waals surface area contributed by atoms with Crippen molar-refractivity contribution in [3.05, 3.63) is 52.0 Å². The van der Waals surface area contributed by atoms with Gasteiger partial charge in [0.25, 0.3) is 0 Å². The van der Waals surface area contributed by atoms with Crippen LogP contribution < -0.4 is 0 Å². The zero-order valence-corrected chi connectivity index (χ0v) is 12.3. The third-order valence-corrected chi connectivity index (χ3v) is 4.33. The molecule has 0 saturated carbocycles. The number of aliphatic hydroxyl groups is 1. The number of benzene rings is 1. The Morgan fingerprint density at radius 1 is 1.28 bits per heavy atom. The molecule has 0 fully saturated rings. The van der Waals surface area contributed by atoms with Crippen LogP contribution in [0.15, 0.2) is 39.7 Å². The fourth-order valence-electron chi connectivity index (χ4n) is 1.55. The summed E-state index contributed by atoms with van der Waals surface area (Å²) in [7, 11) is 0. The molecule has 5 heteroatoms. The SMILES string of the molecule is Cc1cc(CO)nc(CSc2ccccc2Br)n1. The van der Waals surface area contributed by atoms with E-state index in [-0.39, 0.29) is 6.61 Å². The Bertz CT molecular complexity index is 548. The molecule has 0 radical (unpaired) electrons. The van der Waals surface area contributed by atoms with Gasteiger partial charge in [-0.05, 0) is 41.1 Å². The van der Waals surface area contributed by atoms with Gasteiger partial charge in [0.15, 0.2) is 0 Å². The van der Waals surface area contributed by atoms with E-state index in [2.05, 4.69) is 32.0 Å². The fraction of sp³-hybridized carbons (Fsp3) is 0.231. The number of thioether (sulfide) groups is 1. The van der Waals surface area contributed by atoms with Crippen LogP contribution in [0, 0.1) is 6.92 Å². The van der Waals surface area contributed by atoms with Gasteiger partial charge in [-0.2, -0.15) is 0 Å². The minimum absolute atomic E-state index is 0.0456. The van der Waals surface area contributed by atoms with Crippen LogP contribution in [0.25, 0.3) is 0 Å². The molecule has 1 N–H and O–H groups in total. The Hall–Kier alpha value is -0.910. The Kier molecular flexibility index (Phi) is 4.74. The lowest BCUT2D eigenvalue weighted by molar-refractivity contribution is 0.276. The third-order valence-electron chi connectivity index (χ3n) is 2.31. The van der Waals surface area contributed by atoms with Gasteiger partial charge in [0.05, 0.1) is 18.1 Å². The van der Waals surface area contributed by atoms with E-state index in [1.165, 1.54) is 0 Å². The molecule has 0 aliphatic heterocycles. The molecule has 0 bridgehead atoms. The molecule has 0 atom stereocenters. The lowest BCUT2D eigenvalue weighted by atomic mass is 10.3. The summed E-state index contributed by atoms with van der Waals surface area (Å²) < 4.78 is 1.07. The second kappa shape index (κ2) is 6.31. The summed E-state index contributed by atoms with van der Waals surface area (Å²) in [5.74, 6) is 1.44. The van der Waals surface area contributed by atoms with Gasteiger partial charge in [-0.15, -0.1) is 11.8 Å². The molecule has 0 unspecified atom stereocenters. The lowest BCUT2D eigenvalue weighted by Crippen LogP contribution is -2.00. The molecular weight excluding hydrogens is 312 g/mol. The summed E-state index contributed by atoms with van der Waals surface area (Å²) in [4.78, 5) is 9.83. The highest BCUT2D eigenvalue weighted by Gasteiger charge is 2.04. The predicted octanol–water partition coefficient (Wildman–Crippen LogP) is 3.33. The minimum atomic E-state index is -0.0456. The van der Waals surface area contributed by atoms with E-state index >= 15 is 0 Å². The van der Waals surface area contributed by atoms with Crippen molar-refractivity contribution in [2.75, 3.05) is 0 Å². The fourth-order valence-corrected chi connectivity index (χ4v) is 2.97. The van der Waals surface area contributed by atoms with Crippen molar-refractivity contribution in [1.29, 1.82) is 0 Å². The van der Waals surface area contributed by atoms with Crippen molar-refractivity contribution >= 4 is 27.7 Å². The first kappa shape index (κ1) is 13.5. The van der Waals surface area contributed by atoms with Gasteiger partial charge in [0.1, 0.15) is 5.82 Å². The second-order valence-corrected chi connectivity index (χ2v) is 5.67. The highest BCUT2D eigenvalue weighted by Crippen LogP contribution is 2.28. The molecule has 1 heterocycles. The molecule has 1 aromatic heterocycles. The van der Waals surface area contributed by atoms with Crippen molar-refractivity contribution in [2.45, 2.75) is 24.2 Å². The molecule has 0 amide bonds. The van der Waals surface area contributed by atoms with Gasteiger partial charge in [-0.3, -0.25) is 0 Å². The standard InChI is InChI=1S/C13H13BrN2OS/c1-9-6-10(7-17)16-13(15-9)8-18-12-5-3-2-4-11(12)14/h2-6,17H,7-8H2,1H3. The zero-order valence-electron chi connectivity index (χ0n) is 9.93. The summed E-state index contributed by atoms with van der Waals surface area (Å²) in [6.07, 6.45) is 0. The van der Waals surface area contributed by atoms with Crippen molar-refractivity contribution < 1.29 is 5.11 Å². The van der Waals surface area contributed by atoms with Crippen molar-refractivity contribution in [2.24, 2.45) is 0 Å². The average molecular weight is 325 g/mol. The summed E-state index contributed by atoms with van der Waals surface area (Å²) in [5, 5.41) is 9.11. The molecule has 0 aliphatic carbocycles. The quantitative estimate of drug-likeness (QED) is 0.876. The van der Waals surface area contributed by atoms with E-state index in [0.29, 0.717) is 11.4 Å². The maximum Gasteiger partial charge on any atom is 0.139 e. The first-order valence-electron chi connectivity index (χ1n) is 5.50. The van der Waals surface area contributed by atoms with Crippen LogP contribution in [-0.2, 0) is 12.4 Å². The summed E-state index contributed by atoms with van der Waals surface area (Å²) in [6.45, 7) is 1.86. The molecule has 0 spiro atoms. The topological polar surface area (TPSA) is 46.0 Å². The Morgan fingerprint density at radius 3 is 2.78 bits per heavy atom. The molecule has 18 heavy (non-hydrogen) atoms. The number of aryl methyl sites for hydroxylation is 1. The molecule has 2 aromatic rings. The molecule has 0 aliphatic rings. The summed E-state index contributed by atoms with van der Waals surface area (Å²) in [5.41, 5.74) is 1.56. The first-order chi connectivity index (χ1) is 8.69. The summed E-state index contributed by atoms with van der Waals surface area (Å²) >= 11 is 5.19. The molecule has 2 rings (SSSR count). The van der Waals surface area contributed by atoms with E-state index in [0.717, 1.165) is 20.9 Å². The van der Waals surface area contributed by atoms with Crippen molar-refractivity contribution in [3.8, 4) is 0 Å². The van der Waals surface area contributed by atoms with Crippen LogP contribution in [0.1, 0.15) is 17.2 Å². The van der Waals surface area contributed by atoms with Crippen LogP contribution in [0.2, 0.25) is 0 Å². The van der Waals surface area contributed by atoms with Crippen molar-refractivity contribution in [1.82, 2.24) is 9.97 Å². The van der Waals surface area contributed by atoms with Crippen LogP contribution in [0.4, 0.5) is 0 Å². The van der Waals surface area contributed by atoms with Gasteiger partial charge >= 0.3 is 0 Å². The highest BCUT2D eigenvalue weighted by molar-refractivity contribution is 9.10. The third kappa shape index (κ3) is 3.54. The van der Waals surface area contributed by atoms with Gasteiger partial charge in [0.2, 0.25) is 0 Å².